The minimum Gasteiger partial charge on any atom is -0.357 e. The Morgan fingerprint density at radius 2 is 2.00 bits per heavy atom. The molecule has 0 bridgehead atoms. The molecule has 0 aliphatic carbocycles. The van der Waals surface area contributed by atoms with Crippen LogP contribution in [0.5, 0.6) is 0 Å². The molecular weight excluding hydrogens is 296 g/mol. The molecule has 3 rings (SSSR count). The van der Waals surface area contributed by atoms with Crippen molar-refractivity contribution in [1.29, 1.82) is 0 Å². The van der Waals surface area contributed by atoms with Gasteiger partial charge in [0.25, 0.3) is 11.6 Å². The molecule has 1 aromatic heterocycles. The van der Waals surface area contributed by atoms with Crippen molar-refractivity contribution in [3.8, 4) is 0 Å². The molecule has 0 unspecified atom stereocenters. The van der Waals surface area contributed by atoms with Gasteiger partial charge in [-0.25, -0.2) is 4.98 Å². The molecular formula is C16H16N4O3. The van der Waals surface area contributed by atoms with Crippen LogP contribution in [0.15, 0.2) is 42.6 Å². The Kier molecular flexibility index (Phi) is 4.18. The molecule has 7 nitrogen and oxygen atoms in total. The number of hydrogen-bond acceptors (Lipinski definition) is 5. The molecule has 0 radical (unpaired) electrons. The predicted octanol–water partition coefficient (Wildman–Crippen LogP) is 2.84. The van der Waals surface area contributed by atoms with Gasteiger partial charge in [0, 0.05) is 30.8 Å². The Bertz CT molecular complexity index is 724. The molecule has 1 saturated heterocycles. The van der Waals surface area contributed by atoms with Crippen LogP contribution in [0.2, 0.25) is 0 Å². The number of amides is 1. The zero-order valence-corrected chi connectivity index (χ0v) is 12.4. The van der Waals surface area contributed by atoms with Crippen molar-refractivity contribution in [2.45, 2.75) is 12.8 Å². The van der Waals surface area contributed by atoms with E-state index in [0.29, 0.717) is 5.69 Å². The third-order valence-corrected chi connectivity index (χ3v) is 3.75. The average Bonchev–Trinajstić information content (AvgIpc) is 3.10. The lowest BCUT2D eigenvalue weighted by atomic mass is 10.2. The number of carbonyl (C=O) groups excluding carboxylic acids is 1. The first-order valence-electron chi connectivity index (χ1n) is 7.40. The number of carbonyl (C=O) groups is 1. The lowest BCUT2D eigenvalue weighted by Gasteiger charge is -2.16. The van der Waals surface area contributed by atoms with E-state index in [9.17, 15) is 14.9 Å². The van der Waals surface area contributed by atoms with E-state index in [1.807, 2.05) is 6.07 Å². The Balaban J connectivity index is 1.70. The van der Waals surface area contributed by atoms with E-state index in [2.05, 4.69) is 15.2 Å². The third kappa shape index (κ3) is 3.45. The lowest BCUT2D eigenvalue weighted by molar-refractivity contribution is -0.384. The SMILES string of the molecule is O=C(Nc1ccc(N2CCCC2)nc1)c1cccc([N+](=O)[O-])c1. The topological polar surface area (TPSA) is 88.4 Å². The fourth-order valence-electron chi connectivity index (χ4n) is 2.56. The highest BCUT2D eigenvalue weighted by molar-refractivity contribution is 6.04. The van der Waals surface area contributed by atoms with E-state index in [4.69, 9.17) is 0 Å². The second-order valence-corrected chi connectivity index (χ2v) is 5.36. The van der Waals surface area contributed by atoms with Gasteiger partial charge in [-0.1, -0.05) is 6.07 Å². The van der Waals surface area contributed by atoms with Crippen molar-refractivity contribution in [2.24, 2.45) is 0 Å². The van der Waals surface area contributed by atoms with Crippen molar-refractivity contribution < 1.29 is 9.72 Å². The molecule has 1 fully saturated rings. The molecule has 1 aliphatic rings. The monoisotopic (exact) mass is 312 g/mol. The first kappa shape index (κ1) is 15.0. The number of non-ortho nitro benzene ring substituents is 1. The summed E-state index contributed by atoms with van der Waals surface area (Å²) < 4.78 is 0. The molecule has 1 N–H and O–H groups in total. The van der Waals surface area contributed by atoms with E-state index in [0.717, 1.165) is 18.9 Å². The van der Waals surface area contributed by atoms with Crippen LogP contribution in [0.3, 0.4) is 0 Å². The maximum absolute atomic E-state index is 12.2. The number of benzene rings is 1. The van der Waals surface area contributed by atoms with Gasteiger partial charge in [0.15, 0.2) is 0 Å². The zero-order chi connectivity index (χ0) is 16.2. The molecule has 0 atom stereocenters. The summed E-state index contributed by atoms with van der Waals surface area (Å²) >= 11 is 0. The van der Waals surface area contributed by atoms with E-state index in [-0.39, 0.29) is 11.3 Å². The van der Waals surface area contributed by atoms with Crippen LogP contribution in [0.4, 0.5) is 17.2 Å². The molecule has 2 heterocycles. The van der Waals surface area contributed by atoms with Gasteiger partial charge in [0.2, 0.25) is 0 Å². The second kappa shape index (κ2) is 6.43. The number of pyridine rings is 1. The Morgan fingerprint density at radius 3 is 2.65 bits per heavy atom. The number of anilines is 2. The van der Waals surface area contributed by atoms with Gasteiger partial charge in [-0.15, -0.1) is 0 Å². The van der Waals surface area contributed by atoms with Crippen LogP contribution in [0, 0.1) is 10.1 Å². The van der Waals surface area contributed by atoms with Crippen molar-refractivity contribution in [1.82, 2.24) is 4.98 Å². The molecule has 1 aliphatic heterocycles. The Labute approximate surface area is 133 Å². The summed E-state index contributed by atoms with van der Waals surface area (Å²) in [5, 5.41) is 13.5. The largest absolute Gasteiger partial charge is 0.357 e. The number of rotatable bonds is 4. The molecule has 0 saturated carbocycles. The number of nitro benzene ring substituents is 1. The Morgan fingerprint density at radius 1 is 1.22 bits per heavy atom. The van der Waals surface area contributed by atoms with Gasteiger partial charge < -0.3 is 10.2 Å². The summed E-state index contributed by atoms with van der Waals surface area (Å²) in [4.78, 5) is 28.9. The standard InChI is InChI=1S/C16H16N4O3/c21-16(12-4-3-5-14(10-12)20(22)23)18-13-6-7-15(17-11-13)19-8-1-2-9-19/h3-7,10-11H,1-2,8-9H2,(H,18,21). The lowest BCUT2D eigenvalue weighted by Crippen LogP contribution is -2.19. The zero-order valence-electron chi connectivity index (χ0n) is 12.4. The van der Waals surface area contributed by atoms with Gasteiger partial charge in [0.05, 0.1) is 16.8 Å². The summed E-state index contributed by atoms with van der Waals surface area (Å²) in [7, 11) is 0. The second-order valence-electron chi connectivity index (χ2n) is 5.36. The van der Waals surface area contributed by atoms with E-state index in [1.54, 1.807) is 12.3 Å². The van der Waals surface area contributed by atoms with Crippen molar-refractivity contribution in [3.05, 3.63) is 58.3 Å². The molecule has 1 amide bonds. The molecule has 23 heavy (non-hydrogen) atoms. The first-order chi connectivity index (χ1) is 11.1. The number of nitro groups is 1. The number of nitrogens with zero attached hydrogens (tertiary/aromatic N) is 3. The van der Waals surface area contributed by atoms with E-state index in [1.165, 1.54) is 37.1 Å². The third-order valence-electron chi connectivity index (χ3n) is 3.75. The van der Waals surface area contributed by atoms with Gasteiger partial charge >= 0.3 is 0 Å². The van der Waals surface area contributed by atoms with E-state index >= 15 is 0 Å². The summed E-state index contributed by atoms with van der Waals surface area (Å²) in [5.74, 6) is 0.500. The smallest absolute Gasteiger partial charge is 0.270 e. The highest BCUT2D eigenvalue weighted by Crippen LogP contribution is 2.20. The van der Waals surface area contributed by atoms with Crippen LogP contribution in [0.25, 0.3) is 0 Å². The maximum atomic E-state index is 12.2. The minimum atomic E-state index is -0.525. The van der Waals surface area contributed by atoms with Crippen molar-refractivity contribution in [2.75, 3.05) is 23.3 Å². The normalized spacial score (nSPS) is 13.8. The van der Waals surface area contributed by atoms with Crippen LogP contribution in [-0.4, -0.2) is 28.9 Å². The van der Waals surface area contributed by atoms with Crippen molar-refractivity contribution in [3.63, 3.8) is 0 Å². The highest BCUT2D eigenvalue weighted by atomic mass is 16.6. The number of hydrogen-bond donors (Lipinski definition) is 1. The van der Waals surface area contributed by atoms with Gasteiger partial charge in [-0.2, -0.15) is 0 Å². The minimum absolute atomic E-state index is 0.111. The fourth-order valence-corrected chi connectivity index (χ4v) is 2.56. The quantitative estimate of drug-likeness (QED) is 0.692. The molecule has 7 heteroatoms. The molecule has 2 aromatic rings. The molecule has 0 spiro atoms. The molecule has 118 valence electrons. The van der Waals surface area contributed by atoms with Crippen LogP contribution in [-0.2, 0) is 0 Å². The predicted molar refractivity (Wildman–Crippen MR) is 86.7 cm³/mol. The highest BCUT2D eigenvalue weighted by Gasteiger charge is 2.14. The van der Waals surface area contributed by atoms with Crippen LogP contribution < -0.4 is 10.2 Å². The van der Waals surface area contributed by atoms with Crippen LogP contribution >= 0.6 is 0 Å². The summed E-state index contributed by atoms with van der Waals surface area (Å²) in [5.41, 5.74) is 0.687. The average molecular weight is 312 g/mol. The summed E-state index contributed by atoms with van der Waals surface area (Å²) in [6.07, 6.45) is 3.95. The van der Waals surface area contributed by atoms with Gasteiger partial charge in [0.1, 0.15) is 5.82 Å². The first-order valence-corrected chi connectivity index (χ1v) is 7.40. The number of nitrogens with one attached hydrogen (secondary N) is 1. The Hall–Kier alpha value is -2.96. The van der Waals surface area contributed by atoms with Gasteiger partial charge in [-0.3, -0.25) is 14.9 Å². The number of aromatic nitrogens is 1. The van der Waals surface area contributed by atoms with Crippen molar-refractivity contribution >= 4 is 23.1 Å². The molecule has 1 aromatic carbocycles. The van der Waals surface area contributed by atoms with Gasteiger partial charge in [-0.05, 0) is 31.0 Å². The van der Waals surface area contributed by atoms with E-state index < -0.39 is 10.8 Å². The van der Waals surface area contributed by atoms with Crippen LogP contribution in [0.1, 0.15) is 23.2 Å². The maximum Gasteiger partial charge on any atom is 0.270 e. The summed E-state index contributed by atoms with van der Waals surface area (Å²) in [6.45, 7) is 2.01. The summed E-state index contributed by atoms with van der Waals surface area (Å²) in [6, 6.07) is 9.28. The fraction of sp³-hybridized carbons (Fsp3) is 0.250.